The molecule has 2 heterocycles. The average Bonchev–Trinajstić information content (AvgIpc) is 2.78. The standard InChI is InChI=1S/C13H20N2O/c1-2-7-14-9-5-12(6-10-14)15-8-3-4-13(15)11-16/h3-4,8,11-12H,2,5-7,9-10H2,1H3. The molecule has 0 spiro atoms. The lowest BCUT2D eigenvalue weighted by Crippen LogP contribution is -2.35. The topological polar surface area (TPSA) is 25.2 Å². The Labute approximate surface area is 97.1 Å². The van der Waals surface area contributed by atoms with E-state index in [1.165, 1.54) is 13.0 Å². The Kier molecular flexibility index (Phi) is 3.78. The molecule has 0 amide bonds. The van der Waals surface area contributed by atoms with Gasteiger partial charge in [0.05, 0.1) is 5.69 Å². The van der Waals surface area contributed by atoms with Gasteiger partial charge in [-0.05, 0) is 37.9 Å². The summed E-state index contributed by atoms with van der Waals surface area (Å²) in [4.78, 5) is 13.4. The molecule has 0 aromatic carbocycles. The third-order valence-electron chi connectivity index (χ3n) is 3.42. The van der Waals surface area contributed by atoms with E-state index in [-0.39, 0.29) is 0 Å². The second-order valence-electron chi connectivity index (χ2n) is 4.53. The normalized spacial score (nSPS) is 18.8. The van der Waals surface area contributed by atoms with Crippen molar-refractivity contribution in [1.29, 1.82) is 0 Å². The highest BCUT2D eigenvalue weighted by molar-refractivity contribution is 5.72. The summed E-state index contributed by atoms with van der Waals surface area (Å²) in [5, 5.41) is 0. The molecule has 0 N–H and O–H groups in total. The van der Waals surface area contributed by atoms with Crippen LogP contribution in [0.1, 0.15) is 42.7 Å². The number of carbonyl (C=O) groups is 1. The van der Waals surface area contributed by atoms with Gasteiger partial charge in [-0.15, -0.1) is 0 Å². The first kappa shape index (κ1) is 11.4. The predicted molar refractivity (Wildman–Crippen MR) is 64.8 cm³/mol. The summed E-state index contributed by atoms with van der Waals surface area (Å²) in [5.41, 5.74) is 0.814. The summed E-state index contributed by atoms with van der Waals surface area (Å²) >= 11 is 0. The Bertz CT molecular complexity index is 337. The monoisotopic (exact) mass is 220 g/mol. The number of nitrogens with zero attached hydrogens (tertiary/aromatic N) is 2. The molecule has 2 rings (SSSR count). The molecule has 0 unspecified atom stereocenters. The Morgan fingerprint density at radius 1 is 1.44 bits per heavy atom. The van der Waals surface area contributed by atoms with Gasteiger partial charge in [0.25, 0.3) is 0 Å². The van der Waals surface area contributed by atoms with Crippen molar-refractivity contribution in [2.75, 3.05) is 19.6 Å². The smallest absolute Gasteiger partial charge is 0.166 e. The highest BCUT2D eigenvalue weighted by Gasteiger charge is 2.20. The summed E-state index contributed by atoms with van der Waals surface area (Å²) < 4.78 is 2.14. The zero-order valence-corrected chi connectivity index (χ0v) is 9.93. The Balaban J connectivity index is 1.96. The minimum atomic E-state index is 0.517. The van der Waals surface area contributed by atoms with Crippen LogP contribution >= 0.6 is 0 Å². The first-order chi connectivity index (χ1) is 7.85. The van der Waals surface area contributed by atoms with Gasteiger partial charge < -0.3 is 9.47 Å². The Morgan fingerprint density at radius 2 is 2.19 bits per heavy atom. The van der Waals surface area contributed by atoms with Crippen LogP contribution in [0.25, 0.3) is 0 Å². The highest BCUT2D eigenvalue weighted by atomic mass is 16.1. The molecule has 3 nitrogen and oxygen atoms in total. The predicted octanol–water partition coefficient (Wildman–Crippen LogP) is 2.35. The average molecular weight is 220 g/mol. The van der Waals surface area contributed by atoms with Gasteiger partial charge in [0.1, 0.15) is 0 Å². The molecule has 1 fully saturated rings. The summed E-state index contributed by atoms with van der Waals surface area (Å²) in [5.74, 6) is 0. The molecule has 88 valence electrons. The van der Waals surface area contributed by atoms with E-state index >= 15 is 0 Å². The van der Waals surface area contributed by atoms with Crippen LogP contribution in [0, 0.1) is 0 Å². The zero-order chi connectivity index (χ0) is 11.4. The van der Waals surface area contributed by atoms with Gasteiger partial charge in [-0.1, -0.05) is 6.92 Å². The molecule has 0 radical (unpaired) electrons. The molecule has 0 aliphatic carbocycles. The fourth-order valence-corrected chi connectivity index (χ4v) is 2.58. The minimum Gasteiger partial charge on any atom is -0.342 e. The lowest BCUT2D eigenvalue weighted by Gasteiger charge is -2.32. The Hall–Kier alpha value is -1.09. The van der Waals surface area contributed by atoms with Crippen LogP contribution < -0.4 is 0 Å². The van der Waals surface area contributed by atoms with Crippen molar-refractivity contribution in [3.8, 4) is 0 Å². The number of hydrogen-bond acceptors (Lipinski definition) is 2. The van der Waals surface area contributed by atoms with Crippen molar-refractivity contribution in [1.82, 2.24) is 9.47 Å². The van der Waals surface area contributed by atoms with Gasteiger partial charge in [0.15, 0.2) is 6.29 Å². The van der Waals surface area contributed by atoms with Crippen LogP contribution in [-0.4, -0.2) is 35.4 Å². The summed E-state index contributed by atoms with van der Waals surface area (Å²) in [7, 11) is 0. The fourth-order valence-electron chi connectivity index (χ4n) is 2.58. The number of carbonyl (C=O) groups excluding carboxylic acids is 1. The molecule has 1 aromatic heterocycles. The van der Waals surface area contributed by atoms with Gasteiger partial charge >= 0.3 is 0 Å². The summed E-state index contributed by atoms with van der Waals surface area (Å²) in [6.45, 7) is 5.76. The van der Waals surface area contributed by atoms with E-state index in [9.17, 15) is 4.79 Å². The molecule has 0 bridgehead atoms. The second kappa shape index (κ2) is 5.30. The molecule has 1 aliphatic heterocycles. The van der Waals surface area contributed by atoms with Gasteiger partial charge in [-0.25, -0.2) is 0 Å². The van der Waals surface area contributed by atoms with Gasteiger partial charge in [-0.3, -0.25) is 4.79 Å². The van der Waals surface area contributed by atoms with Crippen molar-refractivity contribution in [2.45, 2.75) is 32.2 Å². The molecule has 3 heteroatoms. The van der Waals surface area contributed by atoms with Gasteiger partial charge in [0.2, 0.25) is 0 Å². The number of rotatable bonds is 4. The van der Waals surface area contributed by atoms with Crippen molar-refractivity contribution < 1.29 is 4.79 Å². The van der Waals surface area contributed by atoms with E-state index in [0.29, 0.717) is 6.04 Å². The molecule has 16 heavy (non-hydrogen) atoms. The van der Waals surface area contributed by atoms with Crippen LogP contribution in [0.15, 0.2) is 18.3 Å². The van der Waals surface area contributed by atoms with Crippen molar-refractivity contribution >= 4 is 6.29 Å². The molecule has 1 aromatic rings. The van der Waals surface area contributed by atoms with E-state index in [1.807, 2.05) is 18.3 Å². The first-order valence-corrected chi connectivity index (χ1v) is 6.19. The number of likely N-dealkylation sites (tertiary alicyclic amines) is 1. The maximum Gasteiger partial charge on any atom is 0.166 e. The van der Waals surface area contributed by atoms with Gasteiger partial charge in [0, 0.05) is 25.3 Å². The van der Waals surface area contributed by atoms with Crippen molar-refractivity contribution in [3.63, 3.8) is 0 Å². The SMILES string of the molecule is CCCN1CCC(n2cccc2C=O)CC1. The van der Waals surface area contributed by atoms with E-state index in [0.717, 1.165) is 37.9 Å². The van der Waals surface area contributed by atoms with Crippen molar-refractivity contribution in [2.24, 2.45) is 0 Å². The lowest BCUT2D eigenvalue weighted by molar-refractivity contribution is 0.110. The lowest BCUT2D eigenvalue weighted by atomic mass is 10.0. The minimum absolute atomic E-state index is 0.517. The van der Waals surface area contributed by atoms with Crippen LogP contribution in [-0.2, 0) is 0 Å². The highest BCUT2D eigenvalue weighted by Crippen LogP contribution is 2.23. The zero-order valence-electron chi connectivity index (χ0n) is 9.93. The molecule has 1 aliphatic rings. The van der Waals surface area contributed by atoms with Gasteiger partial charge in [-0.2, -0.15) is 0 Å². The number of aldehydes is 1. The first-order valence-electron chi connectivity index (χ1n) is 6.19. The Morgan fingerprint density at radius 3 is 2.81 bits per heavy atom. The van der Waals surface area contributed by atoms with E-state index in [4.69, 9.17) is 0 Å². The van der Waals surface area contributed by atoms with Crippen LogP contribution in [0.4, 0.5) is 0 Å². The number of aromatic nitrogens is 1. The summed E-state index contributed by atoms with van der Waals surface area (Å²) in [6, 6.07) is 4.37. The van der Waals surface area contributed by atoms with E-state index < -0.39 is 0 Å². The maximum absolute atomic E-state index is 10.9. The third kappa shape index (κ3) is 2.35. The summed E-state index contributed by atoms with van der Waals surface area (Å²) in [6.07, 6.45) is 6.54. The second-order valence-corrected chi connectivity index (χ2v) is 4.53. The fraction of sp³-hybridized carbons (Fsp3) is 0.615. The van der Waals surface area contributed by atoms with Crippen molar-refractivity contribution in [3.05, 3.63) is 24.0 Å². The van der Waals surface area contributed by atoms with E-state index in [2.05, 4.69) is 16.4 Å². The maximum atomic E-state index is 10.9. The molecular formula is C13H20N2O. The quantitative estimate of drug-likeness (QED) is 0.728. The number of hydrogen-bond donors (Lipinski definition) is 0. The van der Waals surface area contributed by atoms with E-state index in [1.54, 1.807) is 0 Å². The van der Waals surface area contributed by atoms with Crippen LogP contribution in [0.2, 0.25) is 0 Å². The molecule has 1 saturated heterocycles. The molecule has 0 saturated carbocycles. The third-order valence-corrected chi connectivity index (χ3v) is 3.42. The molecule has 0 atom stereocenters. The number of piperidine rings is 1. The largest absolute Gasteiger partial charge is 0.342 e. The van der Waals surface area contributed by atoms with Crippen LogP contribution in [0.5, 0.6) is 0 Å². The molecular weight excluding hydrogens is 200 g/mol. The van der Waals surface area contributed by atoms with Crippen LogP contribution in [0.3, 0.4) is 0 Å².